The van der Waals surface area contributed by atoms with Crippen LogP contribution in [0.15, 0.2) is 48.5 Å². The largest absolute Gasteiger partial charge is 0.497 e. The van der Waals surface area contributed by atoms with Gasteiger partial charge in [-0.25, -0.2) is 0 Å². The van der Waals surface area contributed by atoms with Crippen molar-refractivity contribution in [2.24, 2.45) is 0 Å². The Balaban J connectivity index is 1.73. The lowest BCUT2D eigenvalue weighted by Gasteiger charge is -2.09. The van der Waals surface area contributed by atoms with Gasteiger partial charge in [0.2, 0.25) is 0 Å². The van der Waals surface area contributed by atoms with Gasteiger partial charge in [-0.1, -0.05) is 12.1 Å². The monoisotopic (exact) mass is 315 g/mol. The predicted molar refractivity (Wildman–Crippen MR) is 87.9 cm³/mol. The van der Waals surface area contributed by atoms with E-state index in [2.05, 4.69) is 5.32 Å². The van der Waals surface area contributed by atoms with Crippen LogP contribution in [0.4, 0.5) is 0 Å². The Morgan fingerprint density at radius 1 is 0.913 bits per heavy atom. The van der Waals surface area contributed by atoms with Crippen molar-refractivity contribution in [3.05, 3.63) is 54.1 Å². The molecule has 2 rings (SSSR count). The Bertz CT molecular complexity index is 608. The highest BCUT2D eigenvalue weighted by molar-refractivity contribution is 5.77. The summed E-state index contributed by atoms with van der Waals surface area (Å²) in [5, 5.41) is 2.81. The average molecular weight is 315 g/mol. The van der Waals surface area contributed by atoms with E-state index in [0.29, 0.717) is 18.9 Å². The van der Waals surface area contributed by atoms with E-state index in [9.17, 15) is 4.79 Å². The van der Waals surface area contributed by atoms with Crippen molar-refractivity contribution in [3.63, 3.8) is 0 Å². The molecule has 0 spiro atoms. The molecule has 122 valence electrons. The fraction of sp³-hybridized carbons (Fsp3) is 0.278. The van der Waals surface area contributed by atoms with Crippen LogP contribution in [0.25, 0.3) is 0 Å². The van der Waals surface area contributed by atoms with Crippen LogP contribution in [0.3, 0.4) is 0 Å². The fourth-order valence-corrected chi connectivity index (χ4v) is 1.94. The van der Waals surface area contributed by atoms with E-state index in [0.717, 1.165) is 17.1 Å². The molecule has 0 unspecified atom stereocenters. The van der Waals surface area contributed by atoms with Crippen molar-refractivity contribution < 1.29 is 19.0 Å². The van der Waals surface area contributed by atoms with Gasteiger partial charge in [-0.15, -0.1) is 0 Å². The first kappa shape index (κ1) is 16.7. The molecule has 2 aromatic carbocycles. The molecule has 0 aromatic heterocycles. The zero-order valence-corrected chi connectivity index (χ0v) is 13.4. The number of amides is 1. The van der Waals surface area contributed by atoms with Crippen molar-refractivity contribution in [2.45, 2.75) is 13.5 Å². The minimum Gasteiger partial charge on any atom is -0.497 e. The molecule has 23 heavy (non-hydrogen) atoms. The lowest BCUT2D eigenvalue weighted by atomic mass is 10.2. The Morgan fingerprint density at radius 2 is 1.48 bits per heavy atom. The van der Waals surface area contributed by atoms with E-state index < -0.39 is 0 Å². The van der Waals surface area contributed by atoms with Crippen LogP contribution in [0.2, 0.25) is 0 Å². The van der Waals surface area contributed by atoms with E-state index in [4.69, 9.17) is 14.2 Å². The summed E-state index contributed by atoms with van der Waals surface area (Å²) in [4.78, 5) is 11.8. The van der Waals surface area contributed by atoms with E-state index in [1.165, 1.54) is 0 Å². The summed E-state index contributed by atoms with van der Waals surface area (Å²) in [5.74, 6) is 2.03. The topological polar surface area (TPSA) is 56.8 Å². The zero-order valence-electron chi connectivity index (χ0n) is 13.4. The van der Waals surface area contributed by atoms with Crippen LogP contribution in [0.5, 0.6) is 17.2 Å². The first-order valence-corrected chi connectivity index (χ1v) is 7.46. The van der Waals surface area contributed by atoms with Crippen LogP contribution in [0, 0.1) is 0 Å². The number of carbonyl (C=O) groups is 1. The van der Waals surface area contributed by atoms with Gasteiger partial charge in [0.05, 0.1) is 13.7 Å². The van der Waals surface area contributed by atoms with E-state index in [1.807, 2.05) is 43.3 Å². The number of carbonyl (C=O) groups excluding carboxylic acids is 1. The van der Waals surface area contributed by atoms with Gasteiger partial charge in [0.1, 0.15) is 17.2 Å². The third-order valence-electron chi connectivity index (χ3n) is 3.15. The Morgan fingerprint density at radius 3 is 2.04 bits per heavy atom. The van der Waals surface area contributed by atoms with E-state index in [1.54, 1.807) is 19.2 Å². The van der Waals surface area contributed by atoms with Crippen molar-refractivity contribution in [2.75, 3.05) is 20.3 Å². The number of hydrogen-bond acceptors (Lipinski definition) is 4. The van der Waals surface area contributed by atoms with Crippen LogP contribution in [0.1, 0.15) is 12.5 Å². The number of rotatable bonds is 8. The maximum Gasteiger partial charge on any atom is 0.258 e. The molecule has 0 saturated heterocycles. The molecule has 0 atom stereocenters. The molecule has 1 N–H and O–H groups in total. The number of hydrogen-bond donors (Lipinski definition) is 1. The molecule has 0 bridgehead atoms. The van der Waals surface area contributed by atoms with Gasteiger partial charge in [0.15, 0.2) is 6.61 Å². The van der Waals surface area contributed by atoms with Gasteiger partial charge in [-0.3, -0.25) is 4.79 Å². The van der Waals surface area contributed by atoms with Crippen molar-refractivity contribution >= 4 is 5.91 Å². The summed E-state index contributed by atoms with van der Waals surface area (Å²) in [7, 11) is 1.62. The number of nitrogens with one attached hydrogen (secondary N) is 1. The van der Waals surface area contributed by atoms with E-state index in [-0.39, 0.29) is 12.5 Å². The van der Waals surface area contributed by atoms with Crippen LogP contribution in [-0.4, -0.2) is 26.2 Å². The number of benzene rings is 2. The van der Waals surface area contributed by atoms with Gasteiger partial charge in [0.25, 0.3) is 5.91 Å². The Kier molecular flexibility index (Phi) is 6.29. The van der Waals surface area contributed by atoms with Gasteiger partial charge in [-0.2, -0.15) is 0 Å². The summed E-state index contributed by atoms with van der Waals surface area (Å²) >= 11 is 0. The quantitative estimate of drug-likeness (QED) is 0.814. The maximum absolute atomic E-state index is 11.8. The molecular weight excluding hydrogens is 294 g/mol. The molecule has 0 aliphatic rings. The molecule has 0 saturated carbocycles. The maximum atomic E-state index is 11.8. The zero-order chi connectivity index (χ0) is 16.5. The second kappa shape index (κ2) is 8.68. The molecule has 1 amide bonds. The van der Waals surface area contributed by atoms with Gasteiger partial charge < -0.3 is 19.5 Å². The van der Waals surface area contributed by atoms with Crippen molar-refractivity contribution in [1.82, 2.24) is 5.32 Å². The molecule has 0 radical (unpaired) electrons. The Labute approximate surface area is 136 Å². The third kappa shape index (κ3) is 5.54. The van der Waals surface area contributed by atoms with Gasteiger partial charge >= 0.3 is 0 Å². The van der Waals surface area contributed by atoms with E-state index >= 15 is 0 Å². The normalized spacial score (nSPS) is 10.0. The molecule has 2 aromatic rings. The average Bonchev–Trinajstić information content (AvgIpc) is 2.60. The second-order valence-electron chi connectivity index (χ2n) is 4.82. The molecular formula is C18H21NO4. The third-order valence-corrected chi connectivity index (χ3v) is 3.15. The fourth-order valence-electron chi connectivity index (χ4n) is 1.94. The molecule has 5 nitrogen and oxygen atoms in total. The SMILES string of the molecule is CCOc1ccc(OCC(=O)NCc2ccc(OC)cc2)cc1. The summed E-state index contributed by atoms with van der Waals surface area (Å²) in [5.41, 5.74) is 1.00. The minimum atomic E-state index is -0.172. The highest BCUT2D eigenvalue weighted by Gasteiger charge is 2.03. The van der Waals surface area contributed by atoms with Crippen LogP contribution in [-0.2, 0) is 11.3 Å². The molecule has 0 aliphatic heterocycles. The van der Waals surface area contributed by atoms with Crippen molar-refractivity contribution in [1.29, 1.82) is 0 Å². The summed E-state index contributed by atoms with van der Waals surface area (Å²) in [6.45, 7) is 2.98. The summed E-state index contributed by atoms with van der Waals surface area (Å²) < 4.78 is 15.9. The first-order valence-electron chi connectivity index (χ1n) is 7.46. The molecule has 0 fully saturated rings. The highest BCUT2D eigenvalue weighted by atomic mass is 16.5. The van der Waals surface area contributed by atoms with Gasteiger partial charge in [-0.05, 0) is 48.9 Å². The van der Waals surface area contributed by atoms with Gasteiger partial charge in [0, 0.05) is 6.54 Å². The van der Waals surface area contributed by atoms with Crippen molar-refractivity contribution in [3.8, 4) is 17.2 Å². The standard InChI is InChI=1S/C18H21NO4/c1-3-22-16-8-10-17(11-9-16)23-13-18(20)19-12-14-4-6-15(21-2)7-5-14/h4-11H,3,12-13H2,1-2H3,(H,19,20). The minimum absolute atomic E-state index is 0.0237. The number of ether oxygens (including phenoxy) is 3. The molecule has 0 heterocycles. The summed E-state index contributed by atoms with van der Waals surface area (Å²) in [6.07, 6.45) is 0. The number of methoxy groups -OCH3 is 1. The van der Waals surface area contributed by atoms with Crippen LogP contribution >= 0.6 is 0 Å². The second-order valence-corrected chi connectivity index (χ2v) is 4.82. The predicted octanol–water partition coefficient (Wildman–Crippen LogP) is 2.79. The smallest absolute Gasteiger partial charge is 0.258 e. The highest BCUT2D eigenvalue weighted by Crippen LogP contribution is 2.17. The lowest BCUT2D eigenvalue weighted by molar-refractivity contribution is -0.123. The lowest BCUT2D eigenvalue weighted by Crippen LogP contribution is -2.28. The first-order chi connectivity index (χ1) is 11.2. The molecule has 0 aliphatic carbocycles. The molecule has 5 heteroatoms. The summed E-state index contributed by atoms with van der Waals surface area (Å²) in [6, 6.07) is 14.7. The van der Waals surface area contributed by atoms with Crippen LogP contribution < -0.4 is 19.5 Å². The Hall–Kier alpha value is -2.69.